The highest BCUT2D eigenvalue weighted by molar-refractivity contribution is 5.94. The minimum atomic E-state index is -0.269. The van der Waals surface area contributed by atoms with Crippen LogP contribution in [0.4, 0.5) is 0 Å². The first-order valence-corrected chi connectivity index (χ1v) is 8.13. The monoisotopic (exact) mass is 302 g/mol. The number of hydrogen-bond acceptors (Lipinski definition) is 3. The van der Waals surface area contributed by atoms with Crippen LogP contribution in [0.2, 0.25) is 0 Å². The van der Waals surface area contributed by atoms with Crippen molar-refractivity contribution in [3.8, 4) is 0 Å². The molecule has 1 aromatic carbocycles. The second-order valence-corrected chi connectivity index (χ2v) is 7.70. The van der Waals surface area contributed by atoms with Gasteiger partial charge in [-0.2, -0.15) is 0 Å². The highest BCUT2D eigenvalue weighted by Gasteiger charge is 2.56. The molecule has 2 aliphatic heterocycles. The van der Waals surface area contributed by atoms with Crippen molar-refractivity contribution in [1.29, 1.82) is 0 Å². The molecule has 2 fully saturated rings. The zero-order chi connectivity index (χ0) is 16.0. The number of fused-ring (bicyclic) bond motifs is 1. The van der Waals surface area contributed by atoms with Gasteiger partial charge in [0, 0.05) is 30.1 Å². The molecule has 0 bridgehead atoms. The van der Waals surface area contributed by atoms with E-state index in [4.69, 9.17) is 0 Å². The van der Waals surface area contributed by atoms with E-state index in [0.717, 1.165) is 19.4 Å². The topological polar surface area (TPSA) is 43.8 Å². The van der Waals surface area contributed by atoms with Gasteiger partial charge < -0.3 is 5.11 Å². The van der Waals surface area contributed by atoms with Gasteiger partial charge in [0.1, 0.15) is 0 Å². The Bertz CT molecular complexity index is 557. The smallest absolute Gasteiger partial charge is 0.268 e. The van der Waals surface area contributed by atoms with Gasteiger partial charge in [-0.3, -0.25) is 9.80 Å². The zero-order valence-corrected chi connectivity index (χ0v) is 13.7. The molecule has 3 rings (SSSR count). The Morgan fingerprint density at radius 3 is 2.59 bits per heavy atom. The van der Waals surface area contributed by atoms with E-state index in [2.05, 4.69) is 25.8 Å². The number of aliphatic hydroxyl groups excluding tert-OH is 1. The molecule has 120 valence electrons. The first-order valence-electron chi connectivity index (χ1n) is 8.13. The second kappa shape index (κ2) is 5.36. The summed E-state index contributed by atoms with van der Waals surface area (Å²) in [5.74, 6) is 0.0421. The van der Waals surface area contributed by atoms with Crippen molar-refractivity contribution in [3.05, 3.63) is 35.9 Å². The zero-order valence-electron chi connectivity index (χ0n) is 13.7. The number of nitrogens with zero attached hydrogens (tertiary/aromatic N) is 2. The highest BCUT2D eigenvalue weighted by atomic mass is 16.3. The van der Waals surface area contributed by atoms with E-state index in [1.165, 1.54) is 0 Å². The maximum Gasteiger partial charge on any atom is 0.268 e. The molecule has 0 unspecified atom stereocenters. The molecule has 2 aliphatic rings. The number of carbonyl (C=O) groups excluding carboxylic acids is 1. The molecule has 0 radical (unpaired) electrons. The Morgan fingerprint density at radius 1 is 1.27 bits per heavy atom. The fourth-order valence-corrected chi connectivity index (χ4v) is 4.50. The molecule has 2 saturated heterocycles. The van der Waals surface area contributed by atoms with Gasteiger partial charge in [0.05, 0.1) is 6.61 Å². The number of aliphatic hydroxyl groups is 1. The SMILES string of the molecule is CC1(C)CCCN2[C@@H]1[C@@](C)(CO)CN2C(=O)c1ccccc1. The first-order chi connectivity index (χ1) is 10.4. The van der Waals surface area contributed by atoms with E-state index in [1.807, 2.05) is 35.3 Å². The number of hydrogen-bond donors (Lipinski definition) is 1. The summed E-state index contributed by atoms with van der Waals surface area (Å²) in [6.45, 7) is 8.21. The summed E-state index contributed by atoms with van der Waals surface area (Å²) in [6.07, 6.45) is 2.22. The van der Waals surface area contributed by atoms with Crippen molar-refractivity contribution in [2.75, 3.05) is 19.7 Å². The molecule has 0 spiro atoms. The normalized spacial score (nSPS) is 31.1. The van der Waals surface area contributed by atoms with Crippen LogP contribution in [0.25, 0.3) is 0 Å². The molecule has 1 aromatic rings. The van der Waals surface area contributed by atoms with Crippen LogP contribution in [-0.2, 0) is 0 Å². The van der Waals surface area contributed by atoms with Crippen LogP contribution in [-0.4, -0.2) is 46.8 Å². The average molecular weight is 302 g/mol. The van der Waals surface area contributed by atoms with Crippen LogP contribution in [0, 0.1) is 10.8 Å². The molecule has 4 nitrogen and oxygen atoms in total. The van der Waals surface area contributed by atoms with E-state index in [0.29, 0.717) is 12.1 Å². The fraction of sp³-hybridized carbons (Fsp3) is 0.611. The molecular formula is C18H26N2O2. The third-order valence-corrected chi connectivity index (χ3v) is 5.34. The minimum absolute atomic E-state index is 0.0421. The van der Waals surface area contributed by atoms with Crippen molar-refractivity contribution >= 4 is 5.91 Å². The number of hydrazine groups is 1. The fourth-order valence-electron chi connectivity index (χ4n) is 4.50. The van der Waals surface area contributed by atoms with Crippen molar-refractivity contribution in [2.45, 2.75) is 39.7 Å². The molecule has 2 atom stereocenters. The number of rotatable bonds is 2. The van der Waals surface area contributed by atoms with Gasteiger partial charge in [-0.15, -0.1) is 0 Å². The number of carbonyl (C=O) groups is 1. The second-order valence-electron chi connectivity index (χ2n) is 7.70. The van der Waals surface area contributed by atoms with Crippen LogP contribution < -0.4 is 0 Å². The summed E-state index contributed by atoms with van der Waals surface area (Å²) in [5, 5.41) is 14.1. The summed E-state index contributed by atoms with van der Waals surface area (Å²) in [6, 6.07) is 9.64. The Kier molecular flexibility index (Phi) is 3.77. The van der Waals surface area contributed by atoms with Crippen molar-refractivity contribution in [1.82, 2.24) is 10.0 Å². The Labute approximate surface area is 132 Å². The van der Waals surface area contributed by atoms with E-state index in [1.54, 1.807) is 0 Å². The average Bonchev–Trinajstić information content (AvgIpc) is 2.82. The largest absolute Gasteiger partial charge is 0.396 e. The van der Waals surface area contributed by atoms with Crippen LogP contribution >= 0.6 is 0 Å². The van der Waals surface area contributed by atoms with Crippen molar-refractivity contribution in [3.63, 3.8) is 0 Å². The molecule has 22 heavy (non-hydrogen) atoms. The van der Waals surface area contributed by atoms with E-state index in [-0.39, 0.29) is 29.4 Å². The molecule has 0 aliphatic carbocycles. The molecule has 0 saturated carbocycles. The van der Waals surface area contributed by atoms with Gasteiger partial charge in [-0.1, -0.05) is 39.0 Å². The predicted molar refractivity (Wildman–Crippen MR) is 86.2 cm³/mol. The van der Waals surface area contributed by atoms with E-state index in [9.17, 15) is 9.90 Å². The molecule has 1 N–H and O–H groups in total. The van der Waals surface area contributed by atoms with Crippen LogP contribution in [0.5, 0.6) is 0 Å². The van der Waals surface area contributed by atoms with Gasteiger partial charge in [-0.05, 0) is 30.4 Å². The maximum atomic E-state index is 12.9. The molecular weight excluding hydrogens is 276 g/mol. The third-order valence-electron chi connectivity index (χ3n) is 5.34. The summed E-state index contributed by atoms with van der Waals surface area (Å²) >= 11 is 0. The summed E-state index contributed by atoms with van der Waals surface area (Å²) in [5.41, 5.74) is 0.544. The Balaban J connectivity index is 1.95. The van der Waals surface area contributed by atoms with Crippen LogP contribution in [0.3, 0.4) is 0 Å². The summed E-state index contributed by atoms with van der Waals surface area (Å²) < 4.78 is 0. The summed E-state index contributed by atoms with van der Waals surface area (Å²) in [4.78, 5) is 12.9. The van der Waals surface area contributed by atoms with E-state index < -0.39 is 0 Å². The van der Waals surface area contributed by atoms with Crippen molar-refractivity contribution in [2.24, 2.45) is 10.8 Å². The lowest BCUT2D eigenvalue weighted by atomic mass is 9.66. The van der Waals surface area contributed by atoms with Gasteiger partial charge in [0.25, 0.3) is 5.91 Å². The van der Waals surface area contributed by atoms with Gasteiger partial charge in [0.15, 0.2) is 0 Å². The quantitative estimate of drug-likeness (QED) is 0.913. The Morgan fingerprint density at radius 2 is 1.95 bits per heavy atom. The lowest BCUT2D eigenvalue weighted by Crippen LogP contribution is -2.56. The highest BCUT2D eigenvalue weighted by Crippen LogP contribution is 2.49. The molecule has 2 heterocycles. The Hall–Kier alpha value is -1.39. The van der Waals surface area contributed by atoms with E-state index >= 15 is 0 Å². The molecule has 4 heteroatoms. The summed E-state index contributed by atoms with van der Waals surface area (Å²) in [7, 11) is 0. The third kappa shape index (κ3) is 2.34. The first kappa shape index (κ1) is 15.5. The van der Waals surface area contributed by atoms with Crippen LogP contribution in [0.1, 0.15) is 44.0 Å². The van der Waals surface area contributed by atoms with Crippen molar-refractivity contribution < 1.29 is 9.90 Å². The minimum Gasteiger partial charge on any atom is -0.396 e. The predicted octanol–water partition coefficient (Wildman–Crippen LogP) is 2.55. The molecule has 1 amide bonds. The van der Waals surface area contributed by atoms with Gasteiger partial charge in [-0.25, -0.2) is 5.01 Å². The number of amides is 1. The van der Waals surface area contributed by atoms with Gasteiger partial charge in [0.2, 0.25) is 0 Å². The van der Waals surface area contributed by atoms with Crippen LogP contribution in [0.15, 0.2) is 30.3 Å². The van der Waals surface area contributed by atoms with Gasteiger partial charge >= 0.3 is 0 Å². The lowest BCUT2D eigenvalue weighted by molar-refractivity contribution is -0.0674. The molecule has 0 aromatic heterocycles. The maximum absolute atomic E-state index is 12.9. The lowest BCUT2D eigenvalue weighted by Gasteiger charge is -2.48. The number of piperidine rings is 1. The standard InChI is InChI=1S/C18H26N2O2/c1-17(2)10-7-11-19-16(17)18(3,13-21)12-20(19)15(22)14-8-5-4-6-9-14/h4-6,8-9,16,21H,7,10-13H2,1-3H3/t16-,18+/m0/s1. The number of benzene rings is 1.